The first-order valence-corrected chi connectivity index (χ1v) is 9.93. The summed E-state index contributed by atoms with van der Waals surface area (Å²) in [7, 11) is 0. The highest BCUT2D eigenvalue weighted by atomic mass is 19.4. The van der Waals surface area contributed by atoms with Crippen LogP contribution in [0.15, 0.2) is 30.3 Å². The molecule has 0 spiro atoms. The van der Waals surface area contributed by atoms with Crippen LogP contribution in [-0.4, -0.2) is 45.3 Å². The molecule has 2 aromatic heterocycles. The second-order valence-corrected chi connectivity index (χ2v) is 7.78. The van der Waals surface area contributed by atoms with Gasteiger partial charge in [0.15, 0.2) is 17.1 Å². The van der Waals surface area contributed by atoms with E-state index in [1.54, 1.807) is 29.2 Å². The van der Waals surface area contributed by atoms with Crippen molar-refractivity contribution in [3.8, 4) is 11.5 Å². The molecule has 1 fully saturated rings. The predicted molar refractivity (Wildman–Crippen MR) is 103 cm³/mol. The summed E-state index contributed by atoms with van der Waals surface area (Å²) in [5.74, 6) is 0.799. The van der Waals surface area contributed by atoms with Gasteiger partial charge in [0.25, 0.3) is 5.91 Å². The SMILES string of the molecule is Cc1cc(C(F)(F)F)n2nc(C3CCCN(C(=O)c4ccc5c(c4)OCO5)C3)cc2n1. The Balaban J connectivity index is 1.41. The van der Waals surface area contributed by atoms with E-state index in [4.69, 9.17) is 9.47 Å². The van der Waals surface area contributed by atoms with Gasteiger partial charge in [-0.2, -0.15) is 18.3 Å². The van der Waals surface area contributed by atoms with Gasteiger partial charge in [0.2, 0.25) is 6.79 Å². The van der Waals surface area contributed by atoms with Gasteiger partial charge in [0, 0.05) is 36.3 Å². The van der Waals surface area contributed by atoms with Crippen LogP contribution in [0.25, 0.3) is 5.65 Å². The predicted octanol–water partition coefficient (Wildman–Crippen LogP) is 3.81. The molecule has 1 atom stereocenters. The number of fused-ring (bicyclic) bond motifs is 2. The number of aryl methyl sites for hydroxylation is 1. The van der Waals surface area contributed by atoms with Gasteiger partial charge in [-0.05, 0) is 44.0 Å². The highest BCUT2D eigenvalue weighted by Gasteiger charge is 2.36. The largest absolute Gasteiger partial charge is 0.454 e. The van der Waals surface area contributed by atoms with Crippen molar-refractivity contribution in [1.82, 2.24) is 19.5 Å². The number of ether oxygens (including phenoxy) is 2. The standard InChI is InChI=1S/C21H19F3N4O3/c1-12-7-18(21(22,23)24)28-19(25-12)9-15(26-28)14-3-2-6-27(10-14)20(29)13-4-5-16-17(8-13)31-11-30-16/h4-5,7-9,14H,2-3,6,10-11H2,1H3. The van der Waals surface area contributed by atoms with E-state index in [1.165, 1.54) is 6.92 Å². The van der Waals surface area contributed by atoms with E-state index in [-0.39, 0.29) is 30.0 Å². The van der Waals surface area contributed by atoms with Crippen molar-refractivity contribution >= 4 is 11.6 Å². The Morgan fingerprint density at radius 2 is 1.97 bits per heavy atom. The van der Waals surface area contributed by atoms with Crippen molar-refractivity contribution < 1.29 is 27.4 Å². The summed E-state index contributed by atoms with van der Waals surface area (Å²) in [5.41, 5.74) is 0.560. The molecular formula is C21H19F3N4O3. The number of rotatable bonds is 2. The molecule has 0 N–H and O–H groups in total. The van der Waals surface area contributed by atoms with Crippen LogP contribution < -0.4 is 9.47 Å². The number of halogens is 3. The summed E-state index contributed by atoms with van der Waals surface area (Å²) < 4.78 is 51.8. The van der Waals surface area contributed by atoms with Crippen molar-refractivity contribution in [2.24, 2.45) is 0 Å². The van der Waals surface area contributed by atoms with Crippen molar-refractivity contribution in [2.45, 2.75) is 31.9 Å². The van der Waals surface area contributed by atoms with Gasteiger partial charge >= 0.3 is 6.18 Å². The smallest absolute Gasteiger partial charge is 0.433 e. The van der Waals surface area contributed by atoms with Crippen LogP contribution in [0.5, 0.6) is 11.5 Å². The maximum absolute atomic E-state index is 13.4. The Labute approximate surface area is 175 Å². The molecule has 7 nitrogen and oxygen atoms in total. The number of hydrogen-bond acceptors (Lipinski definition) is 5. The van der Waals surface area contributed by atoms with Gasteiger partial charge in [-0.1, -0.05) is 0 Å². The van der Waals surface area contributed by atoms with Crippen molar-refractivity contribution in [2.75, 3.05) is 19.9 Å². The lowest BCUT2D eigenvalue weighted by molar-refractivity contribution is -0.142. The Morgan fingerprint density at radius 3 is 2.77 bits per heavy atom. The van der Waals surface area contributed by atoms with Crippen LogP contribution in [-0.2, 0) is 6.18 Å². The lowest BCUT2D eigenvalue weighted by atomic mass is 9.94. The summed E-state index contributed by atoms with van der Waals surface area (Å²) in [5, 5.41) is 4.22. The average molecular weight is 432 g/mol. The minimum absolute atomic E-state index is 0.125. The zero-order valence-corrected chi connectivity index (χ0v) is 16.6. The third-order valence-corrected chi connectivity index (χ3v) is 5.61. The number of piperidine rings is 1. The molecule has 0 aliphatic carbocycles. The summed E-state index contributed by atoms with van der Waals surface area (Å²) >= 11 is 0. The fourth-order valence-corrected chi connectivity index (χ4v) is 4.13. The minimum Gasteiger partial charge on any atom is -0.454 e. The van der Waals surface area contributed by atoms with E-state index in [0.717, 1.165) is 23.4 Å². The number of nitrogens with zero attached hydrogens (tertiary/aromatic N) is 4. The monoisotopic (exact) mass is 432 g/mol. The molecule has 1 aromatic carbocycles. The molecule has 1 saturated heterocycles. The molecule has 0 saturated carbocycles. The van der Waals surface area contributed by atoms with Crippen LogP contribution in [0, 0.1) is 6.92 Å². The first-order valence-electron chi connectivity index (χ1n) is 9.93. The number of alkyl halides is 3. The lowest BCUT2D eigenvalue weighted by Gasteiger charge is -2.32. The summed E-state index contributed by atoms with van der Waals surface area (Å²) in [4.78, 5) is 18.9. The Morgan fingerprint density at radius 1 is 1.16 bits per heavy atom. The zero-order valence-electron chi connectivity index (χ0n) is 16.6. The molecule has 5 rings (SSSR count). The molecule has 1 amide bonds. The van der Waals surface area contributed by atoms with E-state index in [0.29, 0.717) is 35.8 Å². The average Bonchev–Trinajstić information content (AvgIpc) is 3.38. The number of hydrogen-bond donors (Lipinski definition) is 0. The second-order valence-electron chi connectivity index (χ2n) is 7.78. The molecule has 162 valence electrons. The van der Waals surface area contributed by atoms with Gasteiger partial charge in [0.1, 0.15) is 5.69 Å². The first kappa shape index (κ1) is 19.7. The van der Waals surface area contributed by atoms with Crippen molar-refractivity contribution in [1.29, 1.82) is 0 Å². The van der Waals surface area contributed by atoms with Crippen molar-refractivity contribution in [3.63, 3.8) is 0 Å². The van der Waals surface area contributed by atoms with Gasteiger partial charge in [-0.15, -0.1) is 0 Å². The quantitative estimate of drug-likeness (QED) is 0.616. The van der Waals surface area contributed by atoms with E-state index in [1.807, 2.05) is 0 Å². The third kappa shape index (κ3) is 3.55. The van der Waals surface area contributed by atoms with Crippen LogP contribution in [0.1, 0.15) is 46.2 Å². The van der Waals surface area contributed by atoms with Crippen LogP contribution in [0.4, 0.5) is 13.2 Å². The van der Waals surface area contributed by atoms with E-state index in [2.05, 4.69) is 10.1 Å². The zero-order chi connectivity index (χ0) is 21.8. The maximum Gasteiger partial charge on any atom is 0.433 e. The first-order chi connectivity index (χ1) is 14.8. The maximum atomic E-state index is 13.4. The Bertz CT molecular complexity index is 1170. The number of benzene rings is 1. The molecule has 0 radical (unpaired) electrons. The highest BCUT2D eigenvalue weighted by Crippen LogP contribution is 2.35. The van der Waals surface area contributed by atoms with Gasteiger partial charge in [-0.3, -0.25) is 4.79 Å². The Hall–Kier alpha value is -3.30. The Kier molecular flexibility index (Phi) is 4.53. The topological polar surface area (TPSA) is 69.0 Å². The van der Waals surface area contributed by atoms with Gasteiger partial charge in [-0.25, -0.2) is 9.50 Å². The van der Waals surface area contributed by atoms with Crippen molar-refractivity contribution in [3.05, 3.63) is 53.0 Å². The molecule has 2 aliphatic rings. The molecule has 1 unspecified atom stereocenters. The molecule has 4 heterocycles. The molecular weight excluding hydrogens is 413 g/mol. The molecule has 2 aliphatic heterocycles. The molecule has 31 heavy (non-hydrogen) atoms. The highest BCUT2D eigenvalue weighted by molar-refractivity contribution is 5.95. The van der Waals surface area contributed by atoms with Crippen LogP contribution in [0.2, 0.25) is 0 Å². The number of likely N-dealkylation sites (tertiary alicyclic amines) is 1. The number of amides is 1. The molecule has 3 aromatic rings. The third-order valence-electron chi connectivity index (χ3n) is 5.61. The minimum atomic E-state index is -4.54. The normalized spacial score (nSPS) is 18.6. The second kappa shape index (κ2) is 7.14. The summed E-state index contributed by atoms with van der Waals surface area (Å²) in [6, 6.07) is 7.61. The fourth-order valence-electron chi connectivity index (χ4n) is 4.13. The van der Waals surface area contributed by atoms with Crippen LogP contribution >= 0.6 is 0 Å². The van der Waals surface area contributed by atoms with E-state index in [9.17, 15) is 18.0 Å². The summed E-state index contributed by atoms with van der Waals surface area (Å²) in [6.45, 7) is 2.59. The number of carbonyl (C=O) groups is 1. The van der Waals surface area contributed by atoms with Gasteiger partial charge in [0.05, 0.1) is 5.69 Å². The van der Waals surface area contributed by atoms with E-state index < -0.39 is 11.9 Å². The van der Waals surface area contributed by atoms with Crippen LogP contribution in [0.3, 0.4) is 0 Å². The fraction of sp³-hybridized carbons (Fsp3) is 0.381. The summed E-state index contributed by atoms with van der Waals surface area (Å²) in [6.07, 6.45) is -3.08. The number of aromatic nitrogens is 3. The van der Waals surface area contributed by atoms with Gasteiger partial charge < -0.3 is 14.4 Å². The number of carbonyl (C=O) groups excluding carboxylic acids is 1. The molecule has 0 bridgehead atoms. The van der Waals surface area contributed by atoms with E-state index >= 15 is 0 Å². The lowest BCUT2D eigenvalue weighted by Crippen LogP contribution is -2.39. The molecule has 10 heteroatoms.